The van der Waals surface area contributed by atoms with Gasteiger partial charge in [0.25, 0.3) is 0 Å². The molecule has 0 amide bonds. The smallest absolute Gasteiger partial charge is 0.112 e. The molecule has 0 saturated carbocycles. The van der Waals surface area contributed by atoms with Crippen LogP contribution in [0.3, 0.4) is 0 Å². The van der Waals surface area contributed by atoms with Crippen LogP contribution in [0.25, 0.3) is 6.08 Å². The topological polar surface area (TPSA) is 20.2 Å². The number of benzene rings is 1. The van der Waals surface area contributed by atoms with Gasteiger partial charge in [0.1, 0.15) is 6.10 Å². The summed E-state index contributed by atoms with van der Waals surface area (Å²) in [4.78, 5) is 0. The average molecular weight is 172 g/mol. The fourth-order valence-corrected chi connectivity index (χ4v) is 0.871. The summed E-state index contributed by atoms with van der Waals surface area (Å²) < 4.78 is 0. The minimum Gasteiger partial charge on any atom is -0.381 e. The predicted molar refractivity (Wildman–Crippen MR) is 54.9 cm³/mol. The first-order valence-electron chi connectivity index (χ1n) is 4.20. The van der Waals surface area contributed by atoms with E-state index in [0.29, 0.717) is 0 Å². The summed E-state index contributed by atoms with van der Waals surface area (Å²) in [5.74, 6) is 5.39. The average Bonchev–Trinajstić information content (AvgIpc) is 2.14. The zero-order chi connectivity index (χ0) is 9.52. The third kappa shape index (κ3) is 4.15. The molecule has 1 atom stereocenters. The van der Waals surface area contributed by atoms with E-state index in [2.05, 4.69) is 11.8 Å². The highest BCUT2D eigenvalue weighted by atomic mass is 16.3. The summed E-state index contributed by atoms with van der Waals surface area (Å²) in [6.45, 7) is 1.64. The molecule has 0 bridgehead atoms. The van der Waals surface area contributed by atoms with Crippen LogP contribution in [0.5, 0.6) is 0 Å². The van der Waals surface area contributed by atoms with Crippen molar-refractivity contribution >= 4 is 6.08 Å². The van der Waals surface area contributed by atoms with Crippen LogP contribution in [0.1, 0.15) is 12.5 Å². The molecule has 1 aromatic carbocycles. The van der Waals surface area contributed by atoms with E-state index in [9.17, 15) is 0 Å². The summed E-state index contributed by atoms with van der Waals surface area (Å²) >= 11 is 0. The number of rotatable bonds is 1. The van der Waals surface area contributed by atoms with E-state index in [1.54, 1.807) is 13.0 Å². The quantitative estimate of drug-likeness (QED) is 0.643. The largest absolute Gasteiger partial charge is 0.381 e. The Morgan fingerprint density at radius 3 is 2.62 bits per heavy atom. The second-order valence-corrected chi connectivity index (χ2v) is 2.71. The van der Waals surface area contributed by atoms with Gasteiger partial charge in [-0.1, -0.05) is 42.2 Å². The molecule has 0 aliphatic heterocycles. The Morgan fingerprint density at radius 1 is 1.31 bits per heavy atom. The van der Waals surface area contributed by atoms with Crippen LogP contribution >= 0.6 is 0 Å². The SMILES string of the molecule is C[C@H](O)C#CC=Cc1ccccc1. The second kappa shape index (κ2) is 5.18. The maximum atomic E-state index is 8.84. The Morgan fingerprint density at radius 2 is 2.00 bits per heavy atom. The molecule has 0 aromatic heterocycles. The normalized spacial score (nSPS) is 12.2. The maximum Gasteiger partial charge on any atom is 0.112 e. The van der Waals surface area contributed by atoms with Gasteiger partial charge in [-0.2, -0.15) is 0 Å². The van der Waals surface area contributed by atoms with Crippen molar-refractivity contribution in [1.82, 2.24) is 0 Å². The number of aliphatic hydroxyl groups excluding tert-OH is 1. The van der Waals surface area contributed by atoms with Gasteiger partial charge in [0.2, 0.25) is 0 Å². The Hall–Kier alpha value is -1.52. The van der Waals surface area contributed by atoms with E-state index in [4.69, 9.17) is 5.11 Å². The standard InChI is InChI=1S/C12H12O/c1-11(13)7-5-6-10-12-8-3-2-4-9-12/h2-4,6,8-11,13H,1H3/t11-/m0/s1. The molecule has 66 valence electrons. The van der Waals surface area contributed by atoms with Crippen molar-refractivity contribution in [3.05, 3.63) is 42.0 Å². The first kappa shape index (κ1) is 9.57. The molecule has 0 unspecified atom stereocenters. The minimum atomic E-state index is -0.555. The van der Waals surface area contributed by atoms with Crippen LogP contribution in [0.15, 0.2) is 36.4 Å². The van der Waals surface area contributed by atoms with Crippen LogP contribution in [0, 0.1) is 11.8 Å². The van der Waals surface area contributed by atoms with Crippen molar-refractivity contribution in [1.29, 1.82) is 0 Å². The van der Waals surface area contributed by atoms with Gasteiger partial charge in [-0.25, -0.2) is 0 Å². The zero-order valence-electron chi connectivity index (χ0n) is 7.57. The Labute approximate surface area is 78.7 Å². The number of aliphatic hydroxyl groups is 1. The third-order valence-electron chi connectivity index (χ3n) is 1.45. The van der Waals surface area contributed by atoms with Crippen LogP contribution in [-0.2, 0) is 0 Å². The Balaban J connectivity index is 2.57. The molecule has 1 heteroatoms. The fraction of sp³-hybridized carbons (Fsp3) is 0.167. The molecule has 0 heterocycles. The zero-order valence-corrected chi connectivity index (χ0v) is 7.57. The molecule has 0 aliphatic carbocycles. The van der Waals surface area contributed by atoms with Gasteiger partial charge >= 0.3 is 0 Å². The molecular weight excluding hydrogens is 160 g/mol. The van der Waals surface area contributed by atoms with Crippen molar-refractivity contribution in [2.24, 2.45) is 0 Å². The van der Waals surface area contributed by atoms with Gasteiger partial charge in [0.05, 0.1) is 0 Å². The van der Waals surface area contributed by atoms with Gasteiger partial charge in [-0.05, 0) is 24.6 Å². The van der Waals surface area contributed by atoms with Gasteiger partial charge in [-0.15, -0.1) is 0 Å². The fourth-order valence-electron chi connectivity index (χ4n) is 0.871. The summed E-state index contributed by atoms with van der Waals surface area (Å²) in [7, 11) is 0. The van der Waals surface area contributed by atoms with Gasteiger partial charge < -0.3 is 5.11 Å². The lowest BCUT2D eigenvalue weighted by Gasteiger charge is -1.88. The molecule has 1 rings (SSSR count). The molecular formula is C12H12O. The Kier molecular flexibility index (Phi) is 3.81. The summed E-state index contributed by atoms with van der Waals surface area (Å²) in [6.07, 6.45) is 3.10. The van der Waals surface area contributed by atoms with Crippen molar-refractivity contribution in [2.45, 2.75) is 13.0 Å². The Bertz CT molecular complexity index is 325. The summed E-state index contributed by atoms with van der Waals surface area (Å²) in [5, 5.41) is 8.84. The molecule has 1 N–H and O–H groups in total. The van der Waals surface area contributed by atoms with Crippen molar-refractivity contribution in [3.63, 3.8) is 0 Å². The molecule has 0 saturated heterocycles. The van der Waals surface area contributed by atoms with E-state index >= 15 is 0 Å². The number of hydrogen-bond acceptors (Lipinski definition) is 1. The molecule has 1 aromatic rings. The van der Waals surface area contributed by atoms with E-state index in [-0.39, 0.29) is 0 Å². The van der Waals surface area contributed by atoms with Crippen molar-refractivity contribution in [2.75, 3.05) is 0 Å². The first-order valence-corrected chi connectivity index (χ1v) is 4.20. The molecule has 0 aliphatic rings. The van der Waals surface area contributed by atoms with E-state index < -0.39 is 6.10 Å². The van der Waals surface area contributed by atoms with Crippen LogP contribution < -0.4 is 0 Å². The molecule has 13 heavy (non-hydrogen) atoms. The van der Waals surface area contributed by atoms with Crippen LogP contribution in [-0.4, -0.2) is 11.2 Å². The van der Waals surface area contributed by atoms with Crippen molar-refractivity contribution in [3.8, 4) is 11.8 Å². The molecule has 1 nitrogen and oxygen atoms in total. The van der Waals surface area contributed by atoms with Crippen molar-refractivity contribution < 1.29 is 5.11 Å². The highest BCUT2D eigenvalue weighted by molar-refractivity contribution is 5.52. The monoisotopic (exact) mass is 172 g/mol. The molecule has 0 radical (unpaired) electrons. The van der Waals surface area contributed by atoms with Gasteiger partial charge in [-0.3, -0.25) is 0 Å². The second-order valence-electron chi connectivity index (χ2n) is 2.71. The third-order valence-corrected chi connectivity index (χ3v) is 1.45. The first-order chi connectivity index (χ1) is 6.29. The highest BCUT2D eigenvalue weighted by Crippen LogP contribution is 1.99. The lowest BCUT2D eigenvalue weighted by atomic mass is 10.2. The predicted octanol–water partition coefficient (Wildman–Crippen LogP) is 2.08. The minimum absolute atomic E-state index is 0.555. The lowest BCUT2D eigenvalue weighted by Crippen LogP contribution is -1.91. The summed E-state index contributed by atoms with van der Waals surface area (Å²) in [5.41, 5.74) is 1.11. The summed E-state index contributed by atoms with van der Waals surface area (Å²) in [6, 6.07) is 9.92. The highest BCUT2D eigenvalue weighted by Gasteiger charge is 1.81. The van der Waals surface area contributed by atoms with E-state index in [0.717, 1.165) is 5.56 Å². The van der Waals surface area contributed by atoms with E-state index in [1.165, 1.54) is 0 Å². The maximum absolute atomic E-state index is 8.84. The van der Waals surface area contributed by atoms with Crippen LogP contribution in [0.2, 0.25) is 0 Å². The lowest BCUT2D eigenvalue weighted by molar-refractivity contribution is 0.253. The van der Waals surface area contributed by atoms with Gasteiger partial charge in [0.15, 0.2) is 0 Å². The number of allylic oxidation sites excluding steroid dienone is 1. The van der Waals surface area contributed by atoms with Gasteiger partial charge in [0, 0.05) is 0 Å². The molecule has 0 spiro atoms. The molecule has 0 fully saturated rings. The van der Waals surface area contributed by atoms with Crippen LogP contribution in [0.4, 0.5) is 0 Å². The number of hydrogen-bond donors (Lipinski definition) is 1. The van der Waals surface area contributed by atoms with E-state index in [1.807, 2.05) is 36.4 Å².